The van der Waals surface area contributed by atoms with Crippen molar-refractivity contribution in [2.24, 2.45) is 0 Å². The van der Waals surface area contributed by atoms with Crippen LogP contribution in [0.1, 0.15) is 5.56 Å². The van der Waals surface area contributed by atoms with E-state index in [1.165, 1.54) is 12.1 Å². The fourth-order valence-electron chi connectivity index (χ4n) is 1.72. The summed E-state index contributed by atoms with van der Waals surface area (Å²) in [5, 5.41) is 2.72. The molecule has 0 atom stereocenters. The second-order valence-electron chi connectivity index (χ2n) is 4.49. The topological polar surface area (TPSA) is 29.1 Å². The van der Waals surface area contributed by atoms with E-state index in [2.05, 4.69) is 5.32 Å². The monoisotopic (exact) mass is 379 g/mol. The predicted molar refractivity (Wildman–Crippen MR) is 87.3 cm³/mol. The fourth-order valence-corrected chi connectivity index (χ4v) is 2.87. The largest absolute Gasteiger partial charge is 0.417 e. The molecule has 0 heterocycles. The summed E-state index contributed by atoms with van der Waals surface area (Å²) in [7, 11) is 0. The molecule has 2 aromatic rings. The molecule has 122 valence electrons. The number of hydrogen-bond acceptors (Lipinski definition) is 2. The minimum Gasteiger partial charge on any atom is -0.325 e. The van der Waals surface area contributed by atoms with Crippen LogP contribution in [0.5, 0.6) is 0 Å². The van der Waals surface area contributed by atoms with Gasteiger partial charge in [-0.05, 0) is 36.4 Å². The molecule has 0 saturated carbocycles. The second kappa shape index (κ2) is 7.47. The molecular formula is C15H10Cl2F3NOS. The van der Waals surface area contributed by atoms with E-state index in [-0.39, 0.29) is 16.7 Å². The third-order valence-electron chi connectivity index (χ3n) is 2.72. The Morgan fingerprint density at radius 3 is 2.52 bits per heavy atom. The van der Waals surface area contributed by atoms with Gasteiger partial charge in [0.05, 0.1) is 16.3 Å². The summed E-state index contributed by atoms with van der Waals surface area (Å²) >= 11 is 12.3. The first-order valence-electron chi connectivity index (χ1n) is 6.30. The average Bonchev–Trinajstić information content (AvgIpc) is 2.45. The third kappa shape index (κ3) is 5.34. The molecule has 1 amide bonds. The molecule has 0 fully saturated rings. The number of rotatable bonds is 4. The summed E-state index contributed by atoms with van der Waals surface area (Å²) in [6.07, 6.45) is -4.53. The lowest BCUT2D eigenvalue weighted by molar-refractivity contribution is -0.137. The highest BCUT2D eigenvalue weighted by atomic mass is 35.5. The molecule has 2 rings (SSSR count). The number of amides is 1. The van der Waals surface area contributed by atoms with Crippen LogP contribution in [-0.4, -0.2) is 11.7 Å². The number of carbonyl (C=O) groups is 1. The van der Waals surface area contributed by atoms with Crippen molar-refractivity contribution in [1.82, 2.24) is 0 Å². The molecule has 0 aliphatic heterocycles. The van der Waals surface area contributed by atoms with E-state index in [1.54, 1.807) is 24.3 Å². The van der Waals surface area contributed by atoms with Gasteiger partial charge in [0.15, 0.2) is 0 Å². The van der Waals surface area contributed by atoms with Crippen molar-refractivity contribution in [3.8, 4) is 0 Å². The Morgan fingerprint density at radius 2 is 1.87 bits per heavy atom. The maximum Gasteiger partial charge on any atom is 0.417 e. The van der Waals surface area contributed by atoms with Gasteiger partial charge in [-0.25, -0.2) is 0 Å². The molecule has 0 aliphatic carbocycles. The van der Waals surface area contributed by atoms with Crippen LogP contribution < -0.4 is 5.32 Å². The van der Waals surface area contributed by atoms with Gasteiger partial charge in [0.1, 0.15) is 0 Å². The predicted octanol–water partition coefficient (Wildman–Crippen LogP) is 5.74. The first-order valence-corrected chi connectivity index (χ1v) is 8.05. The Hall–Kier alpha value is -1.37. The van der Waals surface area contributed by atoms with Crippen LogP contribution in [0.4, 0.5) is 18.9 Å². The van der Waals surface area contributed by atoms with Gasteiger partial charge in [-0.15, -0.1) is 11.8 Å². The van der Waals surface area contributed by atoms with Crippen LogP contribution in [-0.2, 0) is 11.0 Å². The number of carbonyl (C=O) groups excluding carboxylic acids is 1. The van der Waals surface area contributed by atoms with Crippen molar-refractivity contribution in [2.45, 2.75) is 11.1 Å². The molecule has 0 unspecified atom stereocenters. The second-order valence-corrected chi connectivity index (χ2v) is 6.38. The van der Waals surface area contributed by atoms with Gasteiger partial charge in [-0.2, -0.15) is 13.2 Å². The molecule has 0 spiro atoms. The molecule has 0 bridgehead atoms. The lowest BCUT2D eigenvalue weighted by atomic mass is 10.2. The summed E-state index contributed by atoms with van der Waals surface area (Å²) in [6, 6.07) is 10.1. The molecule has 0 aliphatic rings. The van der Waals surface area contributed by atoms with Crippen LogP contribution in [0, 0.1) is 0 Å². The van der Waals surface area contributed by atoms with Gasteiger partial charge in [-0.3, -0.25) is 4.79 Å². The van der Waals surface area contributed by atoms with E-state index in [1.807, 2.05) is 0 Å². The average molecular weight is 380 g/mol. The van der Waals surface area contributed by atoms with E-state index >= 15 is 0 Å². The van der Waals surface area contributed by atoms with E-state index < -0.39 is 11.7 Å². The highest BCUT2D eigenvalue weighted by Gasteiger charge is 2.33. The summed E-state index contributed by atoms with van der Waals surface area (Å²) in [4.78, 5) is 12.1. The summed E-state index contributed by atoms with van der Waals surface area (Å²) in [6.45, 7) is 0. The van der Waals surface area contributed by atoms with E-state index in [0.717, 1.165) is 17.8 Å². The zero-order chi connectivity index (χ0) is 17.0. The number of anilines is 1. The highest BCUT2D eigenvalue weighted by molar-refractivity contribution is 8.00. The Bertz CT molecular complexity index is 722. The first kappa shape index (κ1) is 18.0. The maximum absolute atomic E-state index is 12.8. The smallest absolute Gasteiger partial charge is 0.325 e. The molecule has 0 radical (unpaired) electrons. The van der Waals surface area contributed by atoms with Crippen molar-refractivity contribution >= 4 is 46.6 Å². The number of benzene rings is 2. The Labute approximate surface area is 145 Å². The van der Waals surface area contributed by atoms with E-state index in [4.69, 9.17) is 23.2 Å². The lowest BCUT2D eigenvalue weighted by Gasteiger charge is -2.11. The summed E-state index contributed by atoms with van der Waals surface area (Å²) < 4.78 is 38.3. The normalized spacial score (nSPS) is 11.3. The maximum atomic E-state index is 12.8. The third-order valence-corrected chi connectivity index (χ3v) is 4.28. The van der Waals surface area contributed by atoms with E-state index in [0.29, 0.717) is 15.6 Å². The van der Waals surface area contributed by atoms with Gasteiger partial charge in [0.25, 0.3) is 0 Å². The molecule has 8 heteroatoms. The van der Waals surface area contributed by atoms with Crippen molar-refractivity contribution in [1.29, 1.82) is 0 Å². The quantitative estimate of drug-likeness (QED) is 0.685. The Morgan fingerprint density at radius 1 is 1.13 bits per heavy atom. The molecule has 0 aromatic heterocycles. The molecule has 2 nitrogen and oxygen atoms in total. The minimum absolute atomic E-state index is 0.0363. The van der Waals surface area contributed by atoms with Gasteiger partial charge in [0, 0.05) is 15.6 Å². The van der Waals surface area contributed by atoms with Gasteiger partial charge >= 0.3 is 6.18 Å². The fraction of sp³-hybridized carbons (Fsp3) is 0.133. The van der Waals surface area contributed by atoms with Gasteiger partial charge < -0.3 is 5.32 Å². The number of hydrogen-bond donors (Lipinski definition) is 1. The summed E-state index contributed by atoms with van der Waals surface area (Å²) in [5.74, 6) is -0.383. The minimum atomic E-state index is -4.53. The van der Waals surface area contributed by atoms with Crippen LogP contribution in [0.2, 0.25) is 10.0 Å². The van der Waals surface area contributed by atoms with Crippen molar-refractivity contribution in [3.63, 3.8) is 0 Å². The van der Waals surface area contributed by atoms with E-state index in [9.17, 15) is 18.0 Å². The van der Waals surface area contributed by atoms with Crippen LogP contribution >= 0.6 is 35.0 Å². The van der Waals surface area contributed by atoms with Gasteiger partial charge in [-0.1, -0.05) is 29.3 Å². The highest BCUT2D eigenvalue weighted by Crippen LogP contribution is 2.37. The number of thioether (sulfide) groups is 1. The van der Waals surface area contributed by atoms with Crippen LogP contribution in [0.25, 0.3) is 0 Å². The lowest BCUT2D eigenvalue weighted by Crippen LogP contribution is -2.14. The zero-order valence-electron chi connectivity index (χ0n) is 11.5. The summed E-state index contributed by atoms with van der Waals surface area (Å²) in [5.41, 5.74) is -0.394. The Balaban J connectivity index is 1.99. The molecular weight excluding hydrogens is 370 g/mol. The SMILES string of the molecule is O=C(CSc1ccc(Cl)c(C(F)(F)F)c1)Nc1cccc(Cl)c1. The van der Waals surface area contributed by atoms with Crippen molar-refractivity contribution < 1.29 is 18.0 Å². The molecule has 23 heavy (non-hydrogen) atoms. The Kier molecular flexibility index (Phi) is 5.84. The number of alkyl halides is 3. The zero-order valence-corrected chi connectivity index (χ0v) is 13.8. The van der Waals surface area contributed by atoms with Crippen LogP contribution in [0.15, 0.2) is 47.4 Å². The number of halogens is 5. The van der Waals surface area contributed by atoms with Crippen molar-refractivity contribution in [2.75, 3.05) is 11.1 Å². The van der Waals surface area contributed by atoms with Crippen LogP contribution in [0.3, 0.4) is 0 Å². The first-order chi connectivity index (χ1) is 10.8. The number of nitrogens with one attached hydrogen (secondary N) is 1. The molecule has 1 N–H and O–H groups in total. The van der Waals surface area contributed by atoms with Gasteiger partial charge in [0.2, 0.25) is 5.91 Å². The van der Waals surface area contributed by atoms with Crippen molar-refractivity contribution in [3.05, 3.63) is 58.1 Å². The standard InChI is InChI=1S/C15H10Cl2F3NOS/c16-9-2-1-3-10(6-9)21-14(22)8-23-11-4-5-13(17)12(7-11)15(18,19)20/h1-7H,8H2,(H,21,22). The molecule has 0 saturated heterocycles. The molecule has 2 aromatic carbocycles.